The quantitative estimate of drug-likeness (QED) is 0.615. The molecule has 0 radical (unpaired) electrons. The van der Waals surface area contributed by atoms with Gasteiger partial charge in [0.2, 0.25) is 5.89 Å². The zero-order chi connectivity index (χ0) is 23.5. The largest absolute Gasteiger partial charge is 0.490 e. The second-order valence-electron chi connectivity index (χ2n) is 7.92. The van der Waals surface area contributed by atoms with Gasteiger partial charge in [-0.25, -0.2) is 4.79 Å². The van der Waals surface area contributed by atoms with Crippen molar-refractivity contribution in [2.75, 3.05) is 6.54 Å². The second kappa shape index (κ2) is 9.13. The Morgan fingerprint density at radius 1 is 1.25 bits per heavy atom. The summed E-state index contributed by atoms with van der Waals surface area (Å²) in [5, 5.41) is 11.1. The van der Waals surface area contributed by atoms with Crippen LogP contribution in [0, 0.1) is 0 Å². The van der Waals surface area contributed by atoms with Crippen molar-refractivity contribution in [3.8, 4) is 11.3 Å². The van der Waals surface area contributed by atoms with E-state index in [0.29, 0.717) is 18.3 Å². The molecular formula is C21H23F3N4O4. The molecule has 0 bridgehead atoms. The number of aliphatic carboxylic acids is 1. The molecule has 1 aliphatic heterocycles. The normalized spacial score (nSPS) is 14.4. The average molecular weight is 452 g/mol. The number of furan rings is 1. The topological polar surface area (TPSA) is 119 Å². The summed E-state index contributed by atoms with van der Waals surface area (Å²) in [5.74, 6) is 0.382. The molecule has 11 heteroatoms. The van der Waals surface area contributed by atoms with Crippen LogP contribution in [0.25, 0.3) is 11.3 Å². The SMILES string of the molecule is CC(C)(N)c1noc(CN2CCc3oc(-c4ccccc4)cc3C2)n1.O=C(O)C(F)(F)F. The molecule has 0 amide bonds. The van der Waals surface area contributed by atoms with Gasteiger partial charge < -0.3 is 19.8 Å². The first-order chi connectivity index (χ1) is 14.9. The number of rotatable bonds is 4. The summed E-state index contributed by atoms with van der Waals surface area (Å²) in [7, 11) is 0. The van der Waals surface area contributed by atoms with Crippen molar-refractivity contribution in [1.82, 2.24) is 15.0 Å². The number of nitrogens with two attached hydrogens (primary N) is 1. The molecule has 1 aliphatic rings. The molecule has 1 aromatic carbocycles. The van der Waals surface area contributed by atoms with E-state index in [4.69, 9.17) is 24.6 Å². The highest BCUT2D eigenvalue weighted by Crippen LogP contribution is 2.30. The van der Waals surface area contributed by atoms with Gasteiger partial charge in [0.05, 0.1) is 12.1 Å². The summed E-state index contributed by atoms with van der Waals surface area (Å²) in [4.78, 5) is 15.6. The van der Waals surface area contributed by atoms with E-state index in [0.717, 1.165) is 36.6 Å². The fourth-order valence-electron chi connectivity index (χ4n) is 3.04. The smallest absolute Gasteiger partial charge is 0.475 e. The van der Waals surface area contributed by atoms with Gasteiger partial charge in [0.1, 0.15) is 11.5 Å². The van der Waals surface area contributed by atoms with Crippen LogP contribution in [0.4, 0.5) is 13.2 Å². The Morgan fingerprint density at radius 3 is 2.47 bits per heavy atom. The van der Waals surface area contributed by atoms with Crippen LogP contribution in [0.15, 0.2) is 45.3 Å². The molecule has 0 fully saturated rings. The molecule has 4 rings (SSSR count). The van der Waals surface area contributed by atoms with Crippen molar-refractivity contribution in [2.24, 2.45) is 5.73 Å². The average Bonchev–Trinajstić information content (AvgIpc) is 3.35. The Kier molecular flexibility index (Phi) is 6.70. The van der Waals surface area contributed by atoms with E-state index in [9.17, 15) is 13.2 Å². The summed E-state index contributed by atoms with van der Waals surface area (Å²) >= 11 is 0. The van der Waals surface area contributed by atoms with E-state index in [-0.39, 0.29) is 0 Å². The molecule has 0 atom stereocenters. The number of nitrogens with zero attached hydrogens (tertiary/aromatic N) is 3. The molecule has 0 unspecified atom stereocenters. The predicted octanol–water partition coefficient (Wildman–Crippen LogP) is 3.72. The van der Waals surface area contributed by atoms with E-state index in [1.807, 2.05) is 32.0 Å². The first-order valence-electron chi connectivity index (χ1n) is 9.75. The Hall–Kier alpha value is -3.18. The maximum Gasteiger partial charge on any atom is 0.490 e. The number of aromatic nitrogens is 2. The molecule has 32 heavy (non-hydrogen) atoms. The fourth-order valence-corrected chi connectivity index (χ4v) is 3.04. The van der Waals surface area contributed by atoms with Crippen LogP contribution in [0.5, 0.6) is 0 Å². The van der Waals surface area contributed by atoms with E-state index < -0.39 is 17.7 Å². The lowest BCUT2D eigenvalue weighted by atomic mass is 10.1. The highest BCUT2D eigenvalue weighted by atomic mass is 19.4. The van der Waals surface area contributed by atoms with E-state index in [1.165, 1.54) is 5.56 Å². The molecular weight excluding hydrogens is 429 g/mol. The van der Waals surface area contributed by atoms with E-state index in [2.05, 4.69) is 33.2 Å². The number of carbonyl (C=O) groups is 1. The summed E-state index contributed by atoms with van der Waals surface area (Å²) in [6.07, 6.45) is -4.20. The monoisotopic (exact) mass is 452 g/mol. The van der Waals surface area contributed by atoms with Crippen LogP contribution < -0.4 is 5.73 Å². The molecule has 3 aromatic rings. The minimum atomic E-state index is -5.08. The van der Waals surface area contributed by atoms with Crippen LogP contribution in [-0.4, -0.2) is 38.8 Å². The van der Waals surface area contributed by atoms with Crippen LogP contribution in [0.1, 0.15) is 36.9 Å². The van der Waals surface area contributed by atoms with Crippen molar-refractivity contribution in [3.05, 3.63) is 59.4 Å². The summed E-state index contributed by atoms with van der Waals surface area (Å²) < 4.78 is 43.1. The number of benzene rings is 1. The van der Waals surface area contributed by atoms with Gasteiger partial charge in [0, 0.05) is 30.6 Å². The van der Waals surface area contributed by atoms with Crippen molar-refractivity contribution in [1.29, 1.82) is 0 Å². The zero-order valence-electron chi connectivity index (χ0n) is 17.5. The molecule has 172 valence electrons. The van der Waals surface area contributed by atoms with Gasteiger partial charge in [-0.2, -0.15) is 18.2 Å². The molecule has 0 aliphatic carbocycles. The minimum Gasteiger partial charge on any atom is -0.475 e. The number of fused-ring (bicyclic) bond motifs is 1. The molecule has 8 nitrogen and oxygen atoms in total. The van der Waals surface area contributed by atoms with Gasteiger partial charge in [-0.15, -0.1) is 0 Å². The number of alkyl halides is 3. The highest BCUT2D eigenvalue weighted by molar-refractivity contribution is 5.73. The van der Waals surface area contributed by atoms with Gasteiger partial charge in [0.15, 0.2) is 5.82 Å². The van der Waals surface area contributed by atoms with Gasteiger partial charge in [-0.3, -0.25) is 4.90 Å². The first kappa shape index (κ1) is 23.5. The number of carboxylic acid groups (broad SMARTS) is 1. The van der Waals surface area contributed by atoms with Crippen LogP contribution >= 0.6 is 0 Å². The second-order valence-corrected chi connectivity index (χ2v) is 7.92. The van der Waals surface area contributed by atoms with Crippen molar-refractivity contribution >= 4 is 5.97 Å². The molecule has 2 aromatic heterocycles. The number of halogens is 3. The molecule has 3 heterocycles. The third-order valence-electron chi connectivity index (χ3n) is 4.65. The Morgan fingerprint density at radius 2 is 1.91 bits per heavy atom. The zero-order valence-corrected chi connectivity index (χ0v) is 17.5. The number of hydrogen-bond acceptors (Lipinski definition) is 7. The first-order valence-corrected chi connectivity index (χ1v) is 9.75. The summed E-state index contributed by atoms with van der Waals surface area (Å²) in [6.45, 7) is 6.07. The van der Waals surface area contributed by atoms with E-state index >= 15 is 0 Å². The highest BCUT2D eigenvalue weighted by Gasteiger charge is 2.38. The summed E-state index contributed by atoms with van der Waals surface area (Å²) in [6, 6.07) is 12.3. The van der Waals surface area contributed by atoms with Crippen molar-refractivity contribution in [3.63, 3.8) is 0 Å². The third-order valence-corrected chi connectivity index (χ3v) is 4.65. The van der Waals surface area contributed by atoms with Crippen LogP contribution in [0.3, 0.4) is 0 Å². The number of carboxylic acids is 1. The fraction of sp³-hybridized carbons (Fsp3) is 0.381. The maximum atomic E-state index is 10.6. The Bertz CT molecular complexity index is 1060. The number of hydrogen-bond donors (Lipinski definition) is 2. The van der Waals surface area contributed by atoms with Gasteiger partial charge in [0.25, 0.3) is 0 Å². The standard InChI is InChI=1S/C19H22N4O2.C2HF3O2/c1-19(2,20)18-21-17(25-22-18)12-23-9-8-15-14(11-23)10-16(24-15)13-6-4-3-5-7-13;3-2(4,5)1(6)7/h3-7,10H,8-9,11-12,20H2,1-2H3;(H,6,7). The molecule has 0 saturated carbocycles. The summed E-state index contributed by atoms with van der Waals surface area (Å²) in [5.41, 5.74) is 7.75. The Labute approximate surface area is 181 Å². The predicted molar refractivity (Wildman–Crippen MR) is 107 cm³/mol. The lowest BCUT2D eigenvalue weighted by molar-refractivity contribution is -0.192. The lowest BCUT2D eigenvalue weighted by Gasteiger charge is -2.24. The van der Waals surface area contributed by atoms with Crippen LogP contribution in [0.2, 0.25) is 0 Å². The minimum absolute atomic E-state index is 0.537. The third kappa shape index (κ3) is 5.95. The molecule has 3 N–H and O–H groups in total. The van der Waals surface area contributed by atoms with E-state index in [1.54, 1.807) is 0 Å². The lowest BCUT2D eigenvalue weighted by Crippen LogP contribution is -2.31. The van der Waals surface area contributed by atoms with Crippen molar-refractivity contribution < 1.29 is 32.0 Å². The van der Waals surface area contributed by atoms with Gasteiger partial charge in [-0.1, -0.05) is 35.5 Å². The maximum absolute atomic E-state index is 10.6. The molecule has 0 saturated heterocycles. The van der Waals surface area contributed by atoms with Gasteiger partial charge in [-0.05, 0) is 19.9 Å². The molecule has 0 spiro atoms. The van der Waals surface area contributed by atoms with Gasteiger partial charge >= 0.3 is 12.1 Å². The Balaban J connectivity index is 0.000000360. The van der Waals surface area contributed by atoms with Crippen LogP contribution in [-0.2, 0) is 29.8 Å². The van der Waals surface area contributed by atoms with Crippen molar-refractivity contribution in [2.45, 2.75) is 45.1 Å².